The molecule has 3 heteroatoms. The van der Waals surface area contributed by atoms with Crippen LogP contribution in [-0.2, 0) is 0 Å². The molecule has 1 aromatic carbocycles. The number of nitrogens with two attached hydrogens (primary N) is 1. The number of hydrogen-bond acceptors (Lipinski definition) is 3. The predicted octanol–water partition coefficient (Wildman–Crippen LogP) is 2.03. The summed E-state index contributed by atoms with van der Waals surface area (Å²) in [4.78, 5) is 0. The first-order valence-corrected chi connectivity index (χ1v) is 5.08. The highest BCUT2D eigenvalue weighted by molar-refractivity contribution is 5.48. The second-order valence-corrected chi connectivity index (χ2v) is 3.50. The minimum absolute atomic E-state index is 0.0702. The number of rotatable bonds is 3. The van der Waals surface area contributed by atoms with Crippen LogP contribution in [0.3, 0.4) is 0 Å². The molecule has 15 heavy (non-hydrogen) atoms. The van der Waals surface area contributed by atoms with Crippen molar-refractivity contribution in [3.05, 3.63) is 36.4 Å². The average molecular weight is 205 g/mol. The number of hydrogen-bond donors (Lipinski definition) is 1. The van der Waals surface area contributed by atoms with Crippen molar-refractivity contribution in [1.29, 1.82) is 0 Å². The third-order valence-corrected chi connectivity index (χ3v) is 2.42. The van der Waals surface area contributed by atoms with Gasteiger partial charge in [-0.15, -0.1) is 6.58 Å². The summed E-state index contributed by atoms with van der Waals surface area (Å²) in [6.45, 7) is 4.88. The van der Waals surface area contributed by atoms with Crippen molar-refractivity contribution in [2.75, 3.05) is 13.2 Å². The lowest BCUT2D eigenvalue weighted by Gasteiger charge is -2.23. The summed E-state index contributed by atoms with van der Waals surface area (Å²) >= 11 is 0. The van der Waals surface area contributed by atoms with E-state index in [9.17, 15) is 0 Å². The number of fused-ring (bicyclic) bond motifs is 1. The maximum absolute atomic E-state index is 6.02. The van der Waals surface area contributed by atoms with Gasteiger partial charge < -0.3 is 15.2 Å². The number of ether oxygens (including phenoxy) is 2. The molecule has 0 amide bonds. The highest BCUT2D eigenvalue weighted by Gasteiger charge is 2.18. The van der Waals surface area contributed by atoms with Crippen molar-refractivity contribution in [3.8, 4) is 11.5 Å². The summed E-state index contributed by atoms with van der Waals surface area (Å²) in [5.74, 6) is 1.58. The summed E-state index contributed by atoms with van der Waals surface area (Å²) in [5.41, 5.74) is 7.02. The van der Waals surface area contributed by atoms with Crippen molar-refractivity contribution < 1.29 is 9.47 Å². The largest absolute Gasteiger partial charge is 0.486 e. The molecule has 0 bridgehead atoms. The molecule has 0 fully saturated rings. The Morgan fingerprint density at radius 2 is 2.20 bits per heavy atom. The van der Waals surface area contributed by atoms with Gasteiger partial charge in [0, 0.05) is 11.6 Å². The van der Waals surface area contributed by atoms with E-state index < -0.39 is 0 Å². The zero-order chi connectivity index (χ0) is 10.7. The highest BCUT2D eigenvalue weighted by Crippen LogP contribution is 2.36. The van der Waals surface area contributed by atoms with E-state index in [2.05, 4.69) is 6.58 Å². The summed E-state index contributed by atoms with van der Waals surface area (Å²) in [7, 11) is 0. The quantitative estimate of drug-likeness (QED) is 0.768. The predicted molar refractivity (Wildman–Crippen MR) is 59.2 cm³/mol. The van der Waals surface area contributed by atoms with Gasteiger partial charge in [0.2, 0.25) is 0 Å². The van der Waals surface area contributed by atoms with E-state index in [1.54, 1.807) is 0 Å². The molecular weight excluding hydrogens is 190 g/mol. The van der Waals surface area contributed by atoms with Gasteiger partial charge in [-0.3, -0.25) is 0 Å². The Balaban J connectivity index is 2.34. The summed E-state index contributed by atoms with van der Waals surface area (Å²) < 4.78 is 11.1. The molecule has 0 saturated carbocycles. The molecule has 2 rings (SSSR count). The third-order valence-electron chi connectivity index (χ3n) is 2.42. The second-order valence-electron chi connectivity index (χ2n) is 3.50. The van der Waals surface area contributed by atoms with Crippen LogP contribution in [-0.4, -0.2) is 13.2 Å². The molecular formula is C12H15NO2. The summed E-state index contributed by atoms with van der Waals surface area (Å²) in [6, 6.07) is 5.74. The monoisotopic (exact) mass is 205 g/mol. The Morgan fingerprint density at radius 3 is 3.00 bits per heavy atom. The van der Waals surface area contributed by atoms with Gasteiger partial charge in [-0.1, -0.05) is 18.2 Å². The molecule has 2 N–H and O–H groups in total. The molecule has 1 unspecified atom stereocenters. The van der Waals surface area contributed by atoms with Crippen LogP contribution in [0.15, 0.2) is 30.9 Å². The first-order chi connectivity index (χ1) is 7.33. The van der Waals surface area contributed by atoms with Crippen LogP contribution in [0.25, 0.3) is 0 Å². The molecule has 3 nitrogen and oxygen atoms in total. The molecule has 1 aromatic rings. The van der Waals surface area contributed by atoms with Crippen molar-refractivity contribution in [1.82, 2.24) is 0 Å². The molecule has 1 atom stereocenters. The normalized spacial score (nSPS) is 15.8. The fourth-order valence-electron chi connectivity index (χ4n) is 1.69. The van der Waals surface area contributed by atoms with Crippen molar-refractivity contribution in [2.45, 2.75) is 12.5 Å². The lowest BCUT2D eigenvalue weighted by atomic mass is 10.0. The molecule has 80 valence electrons. The van der Waals surface area contributed by atoms with Crippen LogP contribution in [0.2, 0.25) is 0 Å². The van der Waals surface area contributed by atoms with Crippen LogP contribution in [0.1, 0.15) is 18.0 Å². The van der Waals surface area contributed by atoms with E-state index in [-0.39, 0.29) is 6.04 Å². The lowest BCUT2D eigenvalue weighted by Crippen LogP contribution is -2.19. The maximum Gasteiger partial charge on any atom is 0.166 e. The van der Waals surface area contributed by atoms with Gasteiger partial charge in [-0.2, -0.15) is 0 Å². The third kappa shape index (κ3) is 1.97. The molecule has 0 spiro atoms. The SMILES string of the molecule is C=CCC(N)c1cccc2c1OCCO2. The first kappa shape index (κ1) is 10.1. The van der Waals surface area contributed by atoms with Gasteiger partial charge >= 0.3 is 0 Å². The van der Waals surface area contributed by atoms with Crippen LogP contribution in [0, 0.1) is 0 Å². The Hall–Kier alpha value is -1.48. The van der Waals surface area contributed by atoms with Crippen LogP contribution >= 0.6 is 0 Å². The van der Waals surface area contributed by atoms with Gasteiger partial charge in [0.05, 0.1) is 0 Å². The fraction of sp³-hybridized carbons (Fsp3) is 0.333. The molecule has 0 aromatic heterocycles. The second kappa shape index (κ2) is 4.36. The van der Waals surface area contributed by atoms with Crippen molar-refractivity contribution in [3.63, 3.8) is 0 Å². The lowest BCUT2D eigenvalue weighted by molar-refractivity contribution is 0.169. The van der Waals surface area contributed by atoms with E-state index >= 15 is 0 Å². The van der Waals surface area contributed by atoms with Gasteiger partial charge in [0.1, 0.15) is 13.2 Å². The average Bonchev–Trinajstić information content (AvgIpc) is 2.28. The Morgan fingerprint density at radius 1 is 1.40 bits per heavy atom. The fourth-order valence-corrected chi connectivity index (χ4v) is 1.69. The first-order valence-electron chi connectivity index (χ1n) is 5.08. The zero-order valence-electron chi connectivity index (χ0n) is 8.61. The minimum atomic E-state index is -0.0702. The summed E-state index contributed by atoms with van der Waals surface area (Å²) in [6.07, 6.45) is 2.55. The molecule has 1 aliphatic rings. The van der Waals surface area contributed by atoms with Gasteiger partial charge in [0.25, 0.3) is 0 Å². The Labute approximate surface area is 89.5 Å². The summed E-state index contributed by atoms with van der Waals surface area (Å²) in [5, 5.41) is 0. The Kier molecular flexibility index (Phi) is 2.92. The van der Waals surface area contributed by atoms with E-state index in [4.69, 9.17) is 15.2 Å². The van der Waals surface area contributed by atoms with Crippen LogP contribution < -0.4 is 15.2 Å². The van der Waals surface area contributed by atoms with E-state index in [1.807, 2.05) is 24.3 Å². The maximum atomic E-state index is 6.02. The minimum Gasteiger partial charge on any atom is -0.486 e. The van der Waals surface area contributed by atoms with Crippen molar-refractivity contribution in [2.24, 2.45) is 5.73 Å². The molecule has 1 heterocycles. The molecule has 1 aliphatic heterocycles. The van der Waals surface area contributed by atoms with E-state index in [1.165, 1.54) is 0 Å². The van der Waals surface area contributed by atoms with E-state index in [0.717, 1.165) is 23.5 Å². The Bertz CT molecular complexity index is 363. The van der Waals surface area contributed by atoms with E-state index in [0.29, 0.717) is 13.2 Å². The highest BCUT2D eigenvalue weighted by atomic mass is 16.6. The molecule has 0 saturated heterocycles. The molecule has 0 radical (unpaired) electrons. The van der Waals surface area contributed by atoms with Crippen LogP contribution in [0.5, 0.6) is 11.5 Å². The molecule has 0 aliphatic carbocycles. The van der Waals surface area contributed by atoms with Gasteiger partial charge in [0.15, 0.2) is 11.5 Å². The standard InChI is InChI=1S/C12H15NO2/c1-2-4-10(13)9-5-3-6-11-12(9)15-8-7-14-11/h2-3,5-6,10H,1,4,7-8,13H2. The van der Waals surface area contributed by atoms with Crippen LogP contribution in [0.4, 0.5) is 0 Å². The topological polar surface area (TPSA) is 44.5 Å². The number of para-hydroxylation sites is 1. The smallest absolute Gasteiger partial charge is 0.166 e. The van der Waals surface area contributed by atoms with Crippen molar-refractivity contribution >= 4 is 0 Å². The van der Waals surface area contributed by atoms with Gasteiger partial charge in [-0.05, 0) is 12.5 Å². The zero-order valence-corrected chi connectivity index (χ0v) is 8.61. The van der Waals surface area contributed by atoms with Gasteiger partial charge in [-0.25, -0.2) is 0 Å². The number of benzene rings is 1.